The fraction of sp³-hybridized carbons (Fsp3) is 0.429. The molecule has 0 saturated heterocycles. The van der Waals surface area contributed by atoms with Gasteiger partial charge in [0.05, 0.1) is 12.2 Å². The van der Waals surface area contributed by atoms with E-state index in [9.17, 15) is 14.7 Å². The highest BCUT2D eigenvalue weighted by atomic mass is 35.5. The summed E-state index contributed by atoms with van der Waals surface area (Å²) >= 11 is 6.12. The third-order valence-corrected chi connectivity index (χ3v) is 7.90. The van der Waals surface area contributed by atoms with Crippen molar-refractivity contribution in [1.82, 2.24) is 0 Å². The summed E-state index contributed by atoms with van der Waals surface area (Å²) in [6.07, 6.45) is 10.9. The SMILES string of the molecule is CCCCCCCCCCOc1ccc(-c2ccc(OC(=O)c3ccc(OC(=O)[C@@H](Cl)[C@@H](C)CC)c(O)c3)cc2)cc1. The van der Waals surface area contributed by atoms with Gasteiger partial charge in [0.25, 0.3) is 0 Å². The summed E-state index contributed by atoms with van der Waals surface area (Å²) in [5, 5.41) is 9.46. The summed E-state index contributed by atoms with van der Waals surface area (Å²) in [6, 6.07) is 19.1. The van der Waals surface area contributed by atoms with E-state index in [4.69, 9.17) is 25.8 Å². The van der Waals surface area contributed by atoms with Gasteiger partial charge in [0.15, 0.2) is 11.5 Å². The summed E-state index contributed by atoms with van der Waals surface area (Å²) < 4.78 is 16.6. The first-order valence-electron chi connectivity index (χ1n) is 15.1. The van der Waals surface area contributed by atoms with Crippen LogP contribution in [0, 0.1) is 5.92 Å². The largest absolute Gasteiger partial charge is 0.504 e. The third-order valence-electron chi connectivity index (χ3n) is 7.29. The quantitative estimate of drug-likeness (QED) is 0.0725. The topological polar surface area (TPSA) is 82.1 Å². The van der Waals surface area contributed by atoms with E-state index < -0.39 is 17.3 Å². The molecule has 0 aliphatic carbocycles. The van der Waals surface area contributed by atoms with Gasteiger partial charge in [0, 0.05) is 0 Å². The molecule has 0 aromatic heterocycles. The van der Waals surface area contributed by atoms with E-state index >= 15 is 0 Å². The molecule has 0 fully saturated rings. The van der Waals surface area contributed by atoms with Crippen LogP contribution in [-0.2, 0) is 4.79 Å². The summed E-state index contributed by atoms with van der Waals surface area (Å²) in [7, 11) is 0. The van der Waals surface area contributed by atoms with Crippen molar-refractivity contribution in [2.75, 3.05) is 6.61 Å². The number of carbonyl (C=O) groups is 2. The number of aromatic hydroxyl groups is 1. The lowest BCUT2D eigenvalue weighted by atomic mass is 10.1. The lowest BCUT2D eigenvalue weighted by Gasteiger charge is -2.15. The molecule has 1 N–H and O–H groups in total. The number of halogens is 1. The Kier molecular flexibility index (Phi) is 13.7. The number of esters is 2. The molecule has 0 unspecified atom stereocenters. The maximum absolute atomic E-state index is 12.7. The van der Waals surface area contributed by atoms with E-state index in [1.165, 1.54) is 63.1 Å². The molecule has 7 heteroatoms. The molecule has 0 bridgehead atoms. The molecule has 0 saturated carbocycles. The fourth-order valence-corrected chi connectivity index (χ4v) is 4.61. The van der Waals surface area contributed by atoms with E-state index in [0.29, 0.717) is 12.2 Å². The average molecular weight is 595 g/mol. The van der Waals surface area contributed by atoms with Gasteiger partial charge in [-0.25, -0.2) is 4.79 Å². The predicted molar refractivity (Wildman–Crippen MR) is 168 cm³/mol. The molecule has 2 atom stereocenters. The number of phenols is 1. The van der Waals surface area contributed by atoms with Crippen LogP contribution >= 0.6 is 11.6 Å². The molecular weight excluding hydrogens is 552 g/mol. The normalized spacial score (nSPS) is 12.4. The van der Waals surface area contributed by atoms with Crippen LogP contribution in [0.4, 0.5) is 0 Å². The Labute approximate surface area is 255 Å². The van der Waals surface area contributed by atoms with Crippen molar-refractivity contribution >= 4 is 23.5 Å². The number of benzene rings is 3. The Balaban J connectivity index is 1.46. The smallest absolute Gasteiger partial charge is 0.343 e. The van der Waals surface area contributed by atoms with Gasteiger partial charge in [-0.1, -0.05) is 96.4 Å². The maximum Gasteiger partial charge on any atom is 0.343 e. The number of hydrogen-bond acceptors (Lipinski definition) is 6. The minimum atomic E-state index is -0.835. The molecule has 0 aliphatic heterocycles. The van der Waals surface area contributed by atoms with Gasteiger partial charge in [-0.15, -0.1) is 11.6 Å². The molecule has 42 heavy (non-hydrogen) atoms. The summed E-state index contributed by atoms with van der Waals surface area (Å²) in [5.74, 6) is -0.589. The van der Waals surface area contributed by atoms with E-state index in [2.05, 4.69) is 6.92 Å². The van der Waals surface area contributed by atoms with E-state index in [1.807, 2.05) is 50.2 Å². The number of hydrogen-bond donors (Lipinski definition) is 1. The van der Waals surface area contributed by atoms with Crippen LogP contribution in [0.5, 0.6) is 23.0 Å². The van der Waals surface area contributed by atoms with Crippen molar-refractivity contribution in [3.8, 4) is 34.1 Å². The number of ether oxygens (including phenoxy) is 3. The minimum absolute atomic E-state index is 0.0700. The number of rotatable bonds is 17. The van der Waals surface area contributed by atoms with Crippen LogP contribution in [0.1, 0.15) is 88.9 Å². The highest BCUT2D eigenvalue weighted by molar-refractivity contribution is 6.30. The van der Waals surface area contributed by atoms with Crippen molar-refractivity contribution in [3.05, 3.63) is 72.3 Å². The minimum Gasteiger partial charge on any atom is -0.504 e. The molecule has 0 radical (unpaired) electrons. The second-order valence-electron chi connectivity index (χ2n) is 10.7. The van der Waals surface area contributed by atoms with Crippen molar-refractivity contribution in [3.63, 3.8) is 0 Å². The van der Waals surface area contributed by atoms with Crippen molar-refractivity contribution in [1.29, 1.82) is 0 Å². The van der Waals surface area contributed by atoms with Gasteiger partial charge in [-0.2, -0.15) is 0 Å². The van der Waals surface area contributed by atoms with Crippen LogP contribution < -0.4 is 14.2 Å². The average Bonchev–Trinajstić information content (AvgIpc) is 3.01. The van der Waals surface area contributed by atoms with Gasteiger partial charge >= 0.3 is 11.9 Å². The first kappa shape index (κ1) is 33.0. The number of carbonyl (C=O) groups excluding carboxylic acids is 2. The molecular formula is C35H43ClO6. The van der Waals surface area contributed by atoms with Crippen LogP contribution in [-0.4, -0.2) is 29.0 Å². The molecule has 0 heterocycles. The summed E-state index contributed by atoms with van der Waals surface area (Å²) in [4.78, 5) is 24.9. The zero-order valence-electron chi connectivity index (χ0n) is 24.9. The molecule has 6 nitrogen and oxygen atoms in total. The Morgan fingerprint density at radius 2 is 1.33 bits per heavy atom. The predicted octanol–water partition coefficient (Wildman–Crippen LogP) is 9.36. The molecule has 3 aromatic rings. The fourth-order valence-electron chi connectivity index (χ4n) is 4.39. The van der Waals surface area contributed by atoms with Crippen LogP contribution in [0.2, 0.25) is 0 Å². The standard InChI is InChI=1S/C35H43ClO6/c1-4-6-7-8-9-10-11-12-23-40-29-18-13-26(14-19-29)27-15-20-30(21-16-27)41-34(38)28-17-22-32(31(37)24-28)42-35(39)33(36)25(3)5-2/h13-22,24-25,33,37H,4-12,23H2,1-3H3/t25-,33-/m0/s1. The molecule has 0 aliphatic rings. The highest BCUT2D eigenvalue weighted by Crippen LogP contribution is 2.30. The Morgan fingerprint density at radius 1 is 0.762 bits per heavy atom. The number of unbranched alkanes of at least 4 members (excludes halogenated alkanes) is 7. The molecule has 3 rings (SSSR count). The Bertz CT molecular complexity index is 1260. The van der Waals surface area contributed by atoms with Crippen molar-refractivity contribution < 1.29 is 28.9 Å². The van der Waals surface area contributed by atoms with E-state index in [0.717, 1.165) is 29.9 Å². The molecule has 226 valence electrons. The molecule has 3 aromatic carbocycles. The van der Waals surface area contributed by atoms with E-state index in [-0.39, 0.29) is 23.0 Å². The second-order valence-corrected chi connectivity index (χ2v) is 11.1. The van der Waals surface area contributed by atoms with E-state index in [1.54, 1.807) is 12.1 Å². The highest BCUT2D eigenvalue weighted by Gasteiger charge is 2.24. The Hall–Kier alpha value is -3.51. The zero-order valence-corrected chi connectivity index (χ0v) is 25.7. The molecule has 0 spiro atoms. The van der Waals surface area contributed by atoms with Crippen LogP contribution in [0.25, 0.3) is 11.1 Å². The van der Waals surface area contributed by atoms with Gasteiger partial charge < -0.3 is 19.3 Å². The van der Waals surface area contributed by atoms with Gasteiger partial charge in [0.2, 0.25) is 0 Å². The van der Waals surface area contributed by atoms with Crippen LogP contribution in [0.15, 0.2) is 66.7 Å². The molecule has 0 amide bonds. The van der Waals surface area contributed by atoms with Crippen molar-refractivity contribution in [2.24, 2.45) is 5.92 Å². The lowest BCUT2D eigenvalue weighted by molar-refractivity contribution is -0.135. The Morgan fingerprint density at radius 3 is 1.90 bits per heavy atom. The summed E-state index contributed by atoms with van der Waals surface area (Å²) in [5.41, 5.74) is 2.11. The van der Waals surface area contributed by atoms with Crippen LogP contribution in [0.3, 0.4) is 0 Å². The zero-order chi connectivity index (χ0) is 30.3. The number of alkyl halides is 1. The number of phenolic OH excluding ortho intramolecular Hbond substituents is 1. The summed E-state index contributed by atoms with van der Waals surface area (Å²) in [6.45, 7) is 6.73. The first-order valence-corrected chi connectivity index (χ1v) is 15.5. The lowest BCUT2D eigenvalue weighted by Crippen LogP contribution is -2.26. The van der Waals surface area contributed by atoms with Gasteiger partial charge in [-0.05, 0) is 65.9 Å². The monoisotopic (exact) mass is 594 g/mol. The first-order chi connectivity index (χ1) is 20.3. The van der Waals surface area contributed by atoms with Gasteiger partial charge in [-0.3, -0.25) is 4.79 Å². The maximum atomic E-state index is 12.7. The second kappa shape index (κ2) is 17.4. The van der Waals surface area contributed by atoms with Crippen molar-refractivity contribution in [2.45, 2.75) is 83.9 Å². The van der Waals surface area contributed by atoms with Gasteiger partial charge in [0.1, 0.15) is 16.9 Å². The third kappa shape index (κ3) is 10.4.